The number of esters is 1. The van der Waals surface area contributed by atoms with Gasteiger partial charge >= 0.3 is 5.97 Å². The predicted octanol–water partition coefficient (Wildman–Crippen LogP) is 0.803. The van der Waals surface area contributed by atoms with E-state index in [9.17, 15) is 15.0 Å². The molecule has 14 heteroatoms. The SMILES string of the molecule is C#C[C@H](O)[C@@](F)(COCNC(C)C(=O)OC1CCCCC1)O[C@H](CO)n1cnc2c(OCC)nc(N)nc21. The van der Waals surface area contributed by atoms with Crippen LogP contribution in [0.5, 0.6) is 5.88 Å². The molecule has 0 amide bonds. The van der Waals surface area contributed by atoms with Gasteiger partial charge in [-0.05, 0) is 39.5 Å². The number of carbonyl (C=O) groups excluding carboxylic acids is 1. The Hall–Kier alpha value is -3.09. The molecule has 0 radical (unpaired) electrons. The third kappa shape index (κ3) is 7.27. The van der Waals surface area contributed by atoms with Crippen molar-refractivity contribution in [1.29, 1.82) is 0 Å². The Kier molecular flexibility index (Phi) is 10.6. The second-order valence-corrected chi connectivity index (χ2v) is 8.87. The lowest BCUT2D eigenvalue weighted by Crippen LogP contribution is -2.47. The average molecular weight is 539 g/mol. The number of rotatable bonds is 14. The highest BCUT2D eigenvalue weighted by Crippen LogP contribution is 2.30. The van der Waals surface area contributed by atoms with Crippen molar-refractivity contribution in [2.45, 2.75) is 76.3 Å². The quantitative estimate of drug-likeness (QED) is 0.115. The fourth-order valence-corrected chi connectivity index (χ4v) is 3.97. The van der Waals surface area contributed by atoms with Gasteiger partial charge in [0.15, 0.2) is 23.5 Å². The van der Waals surface area contributed by atoms with Crippen molar-refractivity contribution in [2.75, 3.05) is 32.3 Å². The van der Waals surface area contributed by atoms with E-state index in [-0.39, 0.29) is 42.4 Å². The molecule has 3 rings (SSSR count). The van der Waals surface area contributed by atoms with Crippen LogP contribution in [-0.2, 0) is 19.0 Å². The fourth-order valence-electron chi connectivity index (χ4n) is 3.97. The molecule has 13 nitrogen and oxygen atoms in total. The number of imidazole rings is 1. The minimum atomic E-state index is -2.95. The van der Waals surface area contributed by atoms with Gasteiger partial charge in [0.1, 0.15) is 18.8 Å². The van der Waals surface area contributed by atoms with Crippen LogP contribution in [0.25, 0.3) is 11.2 Å². The van der Waals surface area contributed by atoms with Crippen molar-refractivity contribution in [3.8, 4) is 18.2 Å². The number of nitrogens with one attached hydrogen (secondary N) is 1. The number of fused-ring (bicyclic) bond motifs is 1. The molecular formula is C24H35FN6O7. The summed E-state index contributed by atoms with van der Waals surface area (Å²) in [5, 5.41) is 22.9. The molecule has 2 aromatic rings. The third-order valence-electron chi connectivity index (χ3n) is 6.03. The lowest BCUT2D eigenvalue weighted by molar-refractivity contribution is -0.264. The van der Waals surface area contributed by atoms with Crippen LogP contribution in [0.4, 0.5) is 10.3 Å². The first-order chi connectivity index (χ1) is 18.2. The number of alkyl halides is 1. The summed E-state index contributed by atoms with van der Waals surface area (Å²) in [6.07, 6.45) is 7.75. The zero-order valence-electron chi connectivity index (χ0n) is 21.5. The van der Waals surface area contributed by atoms with E-state index in [0.29, 0.717) is 0 Å². The van der Waals surface area contributed by atoms with E-state index in [2.05, 4.69) is 20.3 Å². The summed E-state index contributed by atoms with van der Waals surface area (Å²) in [7, 11) is 0. The number of anilines is 1. The molecule has 1 saturated carbocycles. The summed E-state index contributed by atoms with van der Waals surface area (Å²) in [6, 6.07) is -0.711. The van der Waals surface area contributed by atoms with Crippen LogP contribution >= 0.6 is 0 Å². The molecule has 0 bridgehead atoms. The summed E-state index contributed by atoms with van der Waals surface area (Å²) in [6.45, 7) is 1.77. The minimum absolute atomic E-state index is 0.0982. The number of ether oxygens (including phenoxy) is 4. The molecule has 1 fully saturated rings. The Bertz CT molecular complexity index is 1110. The van der Waals surface area contributed by atoms with E-state index in [1.165, 1.54) is 10.9 Å². The largest absolute Gasteiger partial charge is 0.476 e. The molecule has 1 unspecified atom stereocenters. The van der Waals surface area contributed by atoms with E-state index in [4.69, 9.17) is 31.1 Å². The second-order valence-electron chi connectivity index (χ2n) is 8.87. The number of halogens is 1. The summed E-state index contributed by atoms with van der Waals surface area (Å²) in [5.74, 6) is -1.55. The number of aromatic nitrogens is 4. The van der Waals surface area contributed by atoms with Crippen molar-refractivity contribution in [3.05, 3.63) is 6.33 Å². The Morgan fingerprint density at radius 2 is 2.13 bits per heavy atom. The maximum atomic E-state index is 15.8. The minimum Gasteiger partial charge on any atom is -0.476 e. The van der Waals surface area contributed by atoms with Gasteiger partial charge in [0, 0.05) is 0 Å². The zero-order chi connectivity index (χ0) is 27.7. The topological polar surface area (TPSA) is 176 Å². The smallest absolute Gasteiger partial charge is 0.323 e. The van der Waals surface area contributed by atoms with Gasteiger partial charge in [-0.1, -0.05) is 12.3 Å². The summed E-state index contributed by atoms with van der Waals surface area (Å²) >= 11 is 0. The lowest BCUT2D eigenvalue weighted by Gasteiger charge is -2.31. The van der Waals surface area contributed by atoms with Gasteiger partial charge in [-0.25, -0.2) is 9.37 Å². The van der Waals surface area contributed by atoms with Crippen LogP contribution in [0.1, 0.15) is 52.2 Å². The molecule has 0 spiro atoms. The van der Waals surface area contributed by atoms with Crippen molar-refractivity contribution in [2.24, 2.45) is 0 Å². The first-order valence-corrected chi connectivity index (χ1v) is 12.5. The van der Waals surface area contributed by atoms with Crippen molar-refractivity contribution < 1.29 is 38.3 Å². The Morgan fingerprint density at radius 3 is 2.79 bits per heavy atom. The van der Waals surface area contributed by atoms with Crippen LogP contribution in [0.3, 0.4) is 0 Å². The highest BCUT2D eigenvalue weighted by molar-refractivity contribution is 5.77. The molecular weight excluding hydrogens is 503 g/mol. The Labute approximate surface area is 219 Å². The number of terminal acetylenes is 1. The van der Waals surface area contributed by atoms with Crippen molar-refractivity contribution >= 4 is 23.1 Å². The van der Waals surface area contributed by atoms with Crippen LogP contribution < -0.4 is 15.8 Å². The number of nitrogens with two attached hydrogens (primary N) is 1. The first-order valence-electron chi connectivity index (χ1n) is 12.5. The number of hydrogen-bond donors (Lipinski definition) is 4. The van der Waals surface area contributed by atoms with Gasteiger partial charge in [0.05, 0.1) is 26.3 Å². The number of aliphatic hydroxyl groups is 2. The number of nitrogens with zero attached hydrogens (tertiary/aromatic N) is 4. The van der Waals surface area contributed by atoms with Crippen molar-refractivity contribution in [3.63, 3.8) is 0 Å². The Balaban J connectivity index is 1.64. The molecule has 0 aromatic carbocycles. The molecule has 2 aromatic heterocycles. The second kappa shape index (κ2) is 13.6. The lowest BCUT2D eigenvalue weighted by atomic mass is 9.98. The van der Waals surface area contributed by atoms with Crippen LogP contribution in [-0.4, -0.2) is 86.4 Å². The summed E-state index contributed by atoms with van der Waals surface area (Å²) < 4.78 is 38.6. The van der Waals surface area contributed by atoms with Gasteiger partial charge < -0.3 is 34.9 Å². The van der Waals surface area contributed by atoms with Crippen LogP contribution in [0.2, 0.25) is 0 Å². The molecule has 5 N–H and O–H groups in total. The normalized spacial score (nSPS) is 18.3. The molecule has 2 heterocycles. The highest BCUT2D eigenvalue weighted by Gasteiger charge is 2.42. The predicted molar refractivity (Wildman–Crippen MR) is 133 cm³/mol. The number of aliphatic hydroxyl groups excluding tert-OH is 2. The molecule has 4 atom stereocenters. The van der Waals surface area contributed by atoms with E-state index >= 15 is 4.39 Å². The standard InChI is InChI=1S/C24H35FN6O7/c1-4-17(33)24(25,12-35-14-28-15(3)22(34)37-16-9-7-6-8-10-16)38-18(11-32)31-13-27-19-20(31)29-23(26)30-21(19)36-5-2/h1,13,15-18,28,32-33H,5-12,14H2,2-3H3,(H2,26,29,30)/t15?,17-,18+,24+/m0/s1. The number of nitrogen functional groups attached to an aromatic ring is 1. The van der Waals surface area contributed by atoms with E-state index in [1.807, 2.05) is 5.92 Å². The van der Waals surface area contributed by atoms with Crippen molar-refractivity contribution in [1.82, 2.24) is 24.8 Å². The molecule has 1 aliphatic carbocycles. The molecule has 0 aliphatic heterocycles. The number of carbonyl (C=O) groups is 1. The maximum Gasteiger partial charge on any atom is 0.323 e. The monoisotopic (exact) mass is 538 g/mol. The van der Waals surface area contributed by atoms with E-state index in [0.717, 1.165) is 32.1 Å². The Morgan fingerprint density at radius 1 is 1.39 bits per heavy atom. The highest BCUT2D eigenvalue weighted by atomic mass is 19.2. The van der Waals surface area contributed by atoms with Gasteiger partial charge in [0.2, 0.25) is 11.8 Å². The van der Waals surface area contributed by atoms with E-state index < -0.39 is 43.4 Å². The van der Waals surface area contributed by atoms with Crippen LogP contribution in [0, 0.1) is 12.3 Å². The third-order valence-corrected chi connectivity index (χ3v) is 6.03. The van der Waals surface area contributed by atoms with Gasteiger partial charge in [-0.2, -0.15) is 9.97 Å². The molecule has 38 heavy (non-hydrogen) atoms. The summed E-state index contributed by atoms with van der Waals surface area (Å²) in [5.41, 5.74) is 6.06. The average Bonchev–Trinajstić information content (AvgIpc) is 3.33. The molecule has 210 valence electrons. The van der Waals surface area contributed by atoms with Gasteiger partial charge in [-0.3, -0.25) is 14.7 Å². The first kappa shape index (κ1) is 29.5. The van der Waals surface area contributed by atoms with Crippen LogP contribution in [0.15, 0.2) is 6.33 Å². The fraction of sp³-hybridized carbons (Fsp3) is 0.667. The zero-order valence-corrected chi connectivity index (χ0v) is 21.5. The van der Waals surface area contributed by atoms with E-state index in [1.54, 1.807) is 13.8 Å². The summed E-state index contributed by atoms with van der Waals surface area (Å²) in [4.78, 5) is 24.5. The number of hydrogen-bond acceptors (Lipinski definition) is 12. The van der Waals surface area contributed by atoms with Gasteiger partial charge in [0.25, 0.3) is 5.85 Å². The molecule has 1 aliphatic rings. The maximum absolute atomic E-state index is 15.8. The molecule has 0 saturated heterocycles. The van der Waals surface area contributed by atoms with Gasteiger partial charge in [-0.15, -0.1) is 6.42 Å².